The minimum Gasteiger partial charge on any atom is -0.486 e. The standard InChI is InChI=1S/C24H17BrClN3O/c1-15-7-8-21-22(9-15)29-24(28-21)18(13-27)10-17-11-19(25)23(20(26)12-17)30-14-16-5-3-2-4-6-16/h2-12H,14H2,1H3,(H,28,29). The number of halogens is 2. The van der Waals surface area contributed by atoms with Crippen LogP contribution in [0.1, 0.15) is 22.5 Å². The molecule has 0 aliphatic rings. The van der Waals surface area contributed by atoms with Gasteiger partial charge in [-0.15, -0.1) is 0 Å². The smallest absolute Gasteiger partial charge is 0.152 e. The minimum atomic E-state index is 0.413. The lowest BCUT2D eigenvalue weighted by atomic mass is 10.1. The van der Waals surface area contributed by atoms with Crippen molar-refractivity contribution < 1.29 is 4.74 Å². The van der Waals surface area contributed by atoms with Crippen molar-refractivity contribution in [2.75, 3.05) is 0 Å². The molecule has 1 N–H and O–H groups in total. The summed E-state index contributed by atoms with van der Waals surface area (Å²) in [4.78, 5) is 7.75. The van der Waals surface area contributed by atoms with Crippen LogP contribution in [-0.2, 0) is 6.61 Å². The van der Waals surface area contributed by atoms with E-state index in [0.717, 1.165) is 32.2 Å². The van der Waals surface area contributed by atoms with E-state index in [4.69, 9.17) is 16.3 Å². The Balaban J connectivity index is 1.62. The van der Waals surface area contributed by atoms with Gasteiger partial charge in [-0.1, -0.05) is 48.0 Å². The number of allylic oxidation sites excluding steroid dienone is 1. The molecule has 0 fully saturated rings. The van der Waals surface area contributed by atoms with Gasteiger partial charge in [0, 0.05) is 0 Å². The van der Waals surface area contributed by atoms with Gasteiger partial charge in [0.2, 0.25) is 0 Å². The van der Waals surface area contributed by atoms with Gasteiger partial charge < -0.3 is 9.72 Å². The van der Waals surface area contributed by atoms with Crippen molar-refractivity contribution in [2.45, 2.75) is 13.5 Å². The third kappa shape index (κ3) is 4.40. The Hall–Kier alpha value is -3.07. The van der Waals surface area contributed by atoms with E-state index in [1.807, 2.05) is 61.5 Å². The van der Waals surface area contributed by atoms with Gasteiger partial charge in [0.15, 0.2) is 5.75 Å². The number of aryl methyl sites for hydroxylation is 1. The third-order valence-corrected chi connectivity index (χ3v) is 5.44. The second-order valence-corrected chi connectivity index (χ2v) is 8.13. The second kappa shape index (κ2) is 8.74. The summed E-state index contributed by atoms with van der Waals surface area (Å²) in [6, 6.07) is 21.7. The Kier molecular flexibility index (Phi) is 5.89. The molecule has 1 heterocycles. The van der Waals surface area contributed by atoms with Gasteiger partial charge in [0.1, 0.15) is 18.5 Å². The van der Waals surface area contributed by atoms with Crippen molar-refractivity contribution in [3.05, 3.63) is 92.7 Å². The van der Waals surface area contributed by atoms with Crippen LogP contribution >= 0.6 is 27.5 Å². The molecule has 148 valence electrons. The zero-order valence-corrected chi connectivity index (χ0v) is 18.5. The first-order chi connectivity index (χ1) is 14.5. The summed E-state index contributed by atoms with van der Waals surface area (Å²) in [5.74, 6) is 1.09. The first-order valence-corrected chi connectivity index (χ1v) is 10.4. The predicted octanol–water partition coefficient (Wildman–Crippen LogP) is 6.93. The van der Waals surface area contributed by atoms with Gasteiger partial charge in [-0.25, -0.2) is 4.98 Å². The Bertz CT molecular complexity index is 1270. The summed E-state index contributed by atoms with van der Waals surface area (Å²) in [6.07, 6.45) is 1.75. The summed E-state index contributed by atoms with van der Waals surface area (Å²) < 4.78 is 6.61. The number of H-pyrrole nitrogens is 1. The van der Waals surface area contributed by atoms with Crippen molar-refractivity contribution in [1.29, 1.82) is 5.26 Å². The highest BCUT2D eigenvalue weighted by atomic mass is 79.9. The molecule has 0 spiro atoms. The van der Waals surface area contributed by atoms with Crippen molar-refractivity contribution >= 4 is 50.2 Å². The third-order valence-electron chi connectivity index (χ3n) is 4.57. The fourth-order valence-corrected chi connectivity index (χ4v) is 4.09. The molecule has 0 aliphatic heterocycles. The van der Waals surface area contributed by atoms with Crippen LogP contribution in [0.2, 0.25) is 5.02 Å². The molecule has 0 atom stereocenters. The van der Waals surface area contributed by atoms with Crippen LogP contribution in [0.4, 0.5) is 0 Å². The molecule has 0 amide bonds. The maximum Gasteiger partial charge on any atom is 0.152 e. The average Bonchev–Trinajstić information content (AvgIpc) is 3.15. The van der Waals surface area contributed by atoms with Crippen LogP contribution in [0.15, 0.2) is 65.1 Å². The number of rotatable bonds is 5. The minimum absolute atomic E-state index is 0.413. The summed E-state index contributed by atoms with van der Waals surface area (Å²) in [5.41, 5.74) is 5.09. The van der Waals surface area contributed by atoms with Crippen molar-refractivity contribution in [3.8, 4) is 11.8 Å². The first kappa shape index (κ1) is 20.2. The number of benzene rings is 3. The molecule has 4 nitrogen and oxygen atoms in total. The molecular formula is C24H17BrClN3O. The van der Waals surface area contributed by atoms with Gasteiger partial charge in [0.05, 0.1) is 26.1 Å². The Morgan fingerprint density at radius 1 is 1.20 bits per heavy atom. The fourth-order valence-electron chi connectivity index (χ4n) is 3.10. The number of aromatic amines is 1. The summed E-state index contributed by atoms with van der Waals surface area (Å²) in [7, 11) is 0. The lowest BCUT2D eigenvalue weighted by molar-refractivity contribution is 0.304. The van der Waals surface area contributed by atoms with Crippen LogP contribution in [0.25, 0.3) is 22.7 Å². The molecule has 6 heteroatoms. The Morgan fingerprint density at radius 3 is 2.73 bits per heavy atom. The maximum absolute atomic E-state index is 9.68. The molecule has 0 saturated carbocycles. The number of nitriles is 1. The number of hydrogen-bond donors (Lipinski definition) is 1. The predicted molar refractivity (Wildman–Crippen MR) is 124 cm³/mol. The van der Waals surface area contributed by atoms with Crippen LogP contribution < -0.4 is 4.74 Å². The summed E-state index contributed by atoms with van der Waals surface area (Å²) in [6.45, 7) is 2.43. The van der Waals surface area contributed by atoms with E-state index >= 15 is 0 Å². The van der Waals surface area contributed by atoms with Crippen LogP contribution in [0.3, 0.4) is 0 Å². The van der Waals surface area contributed by atoms with Crippen molar-refractivity contribution in [2.24, 2.45) is 0 Å². The molecular weight excluding hydrogens is 462 g/mol. The molecule has 4 aromatic rings. The monoisotopic (exact) mass is 477 g/mol. The van der Waals surface area contributed by atoms with Crippen LogP contribution in [0.5, 0.6) is 5.75 Å². The lowest BCUT2D eigenvalue weighted by Gasteiger charge is -2.11. The molecule has 3 aromatic carbocycles. The van der Waals surface area contributed by atoms with Crippen LogP contribution in [0, 0.1) is 18.3 Å². The van der Waals surface area contributed by atoms with Gasteiger partial charge in [-0.3, -0.25) is 0 Å². The number of ether oxygens (including phenoxy) is 1. The maximum atomic E-state index is 9.68. The SMILES string of the molecule is Cc1ccc2nc(C(C#N)=Cc3cc(Cl)c(OCc4ccccc4)c(Br)c3)[nH]c2c1. The molecule has 0 unspecified atom stereocenters. The molecule has 0 radical (unpaired) electrons. The van der Waals surface area contributed by atoms with E-state index in [-0.39, 0.29) is 0 Å². The first-order valence-electron chi connectivity index (χ1n) is 9.28. The highest BCUT2D eigenvalue weighted by Gasteiger charge is 2.12. The normalized spacial score (nSPS) is 11.5. The number of aromatic nitrogens is 2. The highest BCUT2D eigenvalue weighted by molar-refractivity contribution is 9.10. The summed E-state index contributed by atoms with van der Waals surface area (Å²) in [5, 5.41) is 10.1. The van der Waals surface area contributed by atoms with Gasteiger partial charge >= 0.3 is 0 Å². The average molecular weight is 479 g/mol. The number of imidazole rings is 1. The number of nitrogens with zero attached hydrogens (tertiary/aromatic N) is 2. The van der Waals surface area contributed by atoms with Crippen molar-refractivity contribution in [1.82, 2.24) is 9.97 Å². The lowest BCUT2D eigenvalue weighted by Crippen LogP contribution is -1.97. The number of hydrogen-bond acceptors (Lipinski definition) is 3. The summed E-state index contributed by atoms with van der Waals surface area (Å²) >= 11 is 10.00. The van der Waals surface area contributed by atoms with E-state index in [1.54, 1.807) is 12.1 Å². The van der Waals surface area contributed by atoms with Gasteiger partial charge in [-0.2, -0.15) is 5.26 Å². The molecule has 0 bridgehead atoms. The Labute approximate surface area is 187 Å². The quantitative estimate of drug-likeness (QED) is 0.316. The van der Waals surface area contributed by atoms with Gasteiger partial charge in [0.25, 0.3) is 0 Å². The van der Waals surface area contributed by atoms with Gasteiger partial charge in [-0.05, 0) is 69.9 Å². The Morgan fingerprint density at radius 2 is 2.00 bits per heavy atom. The number of fused-ring (bicyclic) bond motifs is 1. The van der Waals surface area contributed by atoms with E-state index < -0.39 is 0 Å². The van der Waals surface area contributed by atoms with E-state index in [9.17, 15) is 5.26 Å². The largest absolute Gasteiger partial charge is 0.486 e. The van der Waals surface area contributed by atoms with E-state index in [2.05, 4.69) is 32.0 Å². The molecule has 1 aromatic heterocycles. The molecule has 0 aliphatic carbocycles. The van der Waals surface area contributed by atoms with Crippen LogP contribution in [-0.4, -0.2) is 9.97 Å². The topological polar surface area (TPSA) is 61.7 Å². The molecule has 30 heavy (non-hydrogen) atoms. The zero-order chi connectivity index (χ0) is 21.1. The second-order valence-electron chi connectivity index (χ2n) is 6.86. The molecule has 4 rings (SSSR count). The fraction of sp³-hybridized carbons (Fsp3) is 0.0833. The zero-order valence-electron chi connectivity index (χ0n) is 16.1. The van der Waals surface area contributed by atoms with E-state index in [1.165, 1.54) is 0 Å². The number of nitrogens with one attached hydrogen (secondary N) is 1. The highest BCUT2D eigenvalue weighted by Crippen LogP contribution is 2.36. The molecule has 0 saturated heterocycles. The van der Waals surface area contributed by atoms with Crippen molar-refractivity contribution in [3.63, 3.8) is 0 Å². The van der Waals surface area contributed by atoms with E-state index in [0.29, 0.717) is 28.8 Å².